The van der Waals surface area contributed by atoms with Crippen LogP contribution in [0.2, 0.25) is 5.02 Å². The van der Waals surface area contributed by atoms with E-state index in [0.717, 1.165) is 29.3 Å². The van der Waals surface area contributed by atoms with E-state index in [1.807, 2.05) is 30.3 Å². The van der Waals surface area contributed by atoms with E-state index in [1.165, 1.54) is 0 Å². The summed E-state index contributed by atoms with van der Waals surface area (Å²) in [6.07, 6.45) is 1.75. The quantitative estimate of drug-likeness (QED) is 0.942. The van der Waals surface area contributed by atoms with Crippen molar-refractivity contribution in [2.45, 2.75) is 13.0 Å². The lowest BCUT2D eigenvalue weighted by molar-refractivity contribution is 0.171. The van der Waals surface area contributed by atoms with Crippen molar-refractivity contribution in [3.63, 3.8) is 0 Å². The van der Waals surface area contributed by atoms with Gasteiger partial charge in [0.05, 0.1) is 16.8 Å². The maximum atomic E-state index is 6.29. The van der Waals surface area contributed by atoms with E-state index >= 15 is 0 Å². The highest BCUT2D eigenvalue weighted by atomic mass is 35.5. The molecule has 0 spiro atoms. The fraction of sp³-hybridized carbons (Fsp3) is 0.312. The average Bonchev–Trinajstić information content (AvgIpc) is 2.53. The number of nitrogens with zero attached hydrogens (tertiary/aromatic N) is 1. The Morgan fingerprint density at radius 2 is 2.05 bits per heavy atom. The molecule has 1 N–H and O–H groups in total. The minimum Gasteiger partial charge on any atom is -0.486 e. The van der Waals surface area contributed by atoms with Gasteiger partial charge in [-0.3, -0.25) is 4.98 Å². The van der Waals surface area contributed by atoms with Gasteiger partial charge < -0.3 is 14.8 Å². The lowest BCUT2D eigenvalue weighted by Gasteiger charge is -2.23. The summed E-state index contributed by atoms with van der Waals surface area (Å²) in [5, 5.41) is 4.07. The summed E-state index contributed by atoms with van der Waals surface area (Å²) >= 11 is 6.29. The molecule has 110 valence electrons. The Hall–Kier alpha value is -1.78. The number of nitrogens with one attached hydrogen (secondary N) is 1. The largest absolute Gasteiger partial charge is 0.486 e. The van der Waals surface area contributed by atoms with E-state index in [-0.39, 0.29) is 6.04 Å². The Bertz CT molecular complexity index is 633. The molecule has 1 aromatic carbocycles. The Labute approximate surface area is 129 Å². The van der Waals surface area contributed by atoms with E-state index in [9.17, 15) is 0 Å². The number of aromatic nitrogens is 1. The summed E-state index contributed by atoms with van der Waals surface area (Å²) in [6, 6.07) is 9.56. The highest BCUT2D eigenvalue weighted by Crippen LogP contribution is 2.35. The first kappa shape index (κ1) is 14.2. The van der Waals surface area contributed by atoms with Crippen LogP contribution in [0.3, 0.4) is 0 Å². The first-order valence-electron chi connectivity index (χ1n) is 7.03. The third-order valence-electron chi connectivity index (χ3n) is 3.37. The minimum atomic E-state index is -0.0699. The van der Waals surface area contributed by atoms with Crippen LogP contribution in [-0.2, 0) is 0 Å². The molecule has 1 aromatic heterocycles. The van der Waals surface area contributed by atoms with Crippen LogP contribution in [0.4, 0.5) is 0 Å². The van der Waals surface area contributed by atoms with Gasteiger partial charge in [-0.1, -0.05) is 24.6 Å². The highest BCUT2D eigenvalue weighted by Gasteiger charge is 2.20. The van der Waals surface area contributed by atoms with Crippen LogP contribution in [0, 0.1) is 0 Å². The van der Waals surface area contributed by atoms with Crippen LogP contribution in [0.25, 0.3) is 0 Å². The third kappa shape index (κ3) is 2.96. The van der Waals surface area contributed by atoms with Crippen LogP contribution >= 0.6 is 11.6 Å². The second-order valence-corrected chi connectivity index (χ2v) is 5.17. The molecular formula is C16H17ClN2O2. The number of ether oxygens (including phenoxy) is 2. The average molecular weight is 305 g/mol. The Balaban J connectivity index is 1.99. The molecule has 2 heterocycles. The van der Waals surface area contributed by atoms with Crippen molar-refractivity contribution in [1.29, 1.82) is 0 Å². The number of halogens is 1. The van der Waals surface area contributed by atoms with Crippen molar-refractivity contribution in [3.8, 4) is 11.5 Å². The number of hydrogen-bond acceptors (Lipinski definition) is 4. The van der Waals surface area contributed by atoms with Gasteiger partial charge in [0.15, 0.2) is 11.5 Å². The minimum absolute atomic E-state index is 0.0699. The summed E-state index contributed by atoms with van der Waals surface area (Å²) < 4.78 is 11.2. The van der Waals surface area contributed by atoms with Crippen LogP contribution < -0.4 is 14.8 Å². The van der Waals surface area contributed by atoms with E-state index < -0.39 is 0 Å². The zero-order valence-corrected chi connectivity index (χ0v) is 12.6. The van der Waals surface area contributed by atoms with Gasteiger partial charge in [-0.25, -0.2) is 0 Å². The summed E-state index contributed by atoms with van der Waals surface area (Å²) in [5.41, 5.74) is 1.87. The second kappa shape index (κ2) is 6.33. The second-order valence-electron chi connectivity index (χ2n) is 4.76. The van der Waals surface area contributed by atoms with E-state index in [1.54, 1.807) is 6.20 Å². The third-order valence-corrected chi connectivity index (χ3v) is 3.69. The number of hydrogen-bond donors (Lipinski definition) is 1. The van der Waals surface area contributed by atoms with Crippen molar-refractivity contribution in [2.75, 3.05) is 19.8 Å². The molecular weight excluding hydrogens is 288 g/mol. The van der Waals surface area contributed by atoms with Gasteiger partial charge in [0.2, 0.25) is 0 Å². The Morgan fingerprint density at radius 3 is 2.81 bits per heavy atom. The number of pyridine rings is 1. The smallest absolute Gasteiger partial charge is 0.161 e. The van der Waals surface area contributed by atoms with Gasteiger partial charge in [-0.05, 0) is 36.4 Å². The monoisotopic (exact) mass is 304 g/mol. The van der Waals surface area contributed by atoms with Crippen molar-refractivity contribution < 1.29 is 9.47 Å². The molecule has 1 aliphatic rings. The summed E-state index contributed by atoms with van der Waals surface area (Å²) in [5.74, 6) is 1.56. The summed E-state index contributed by atoms with van der Waals surface area (Å²) in [6.45, 7) is 4.04. The van der Waals surface area contributed by atoms with E-state index in [2.05, 4.69) is 17.2 Å². The van der Waals surface area contributed by atoms with Gasteiger partial charge in [-0.15, -0.1) is 0 Å². The zero-order chi connectivity index (χ0) is 14.7. The first-order valence-corrected chi connectivity index (χ1v) is 7.40. The Morgan fingerprint density at radius 1 is 1.24 bits per heavy atom. The zero-order valence-electron chi connectivity index (χ0n) is 11.8. The highest BCUT2D eigenvalue weighted by molar-refractivity contribution is 6.31. The van der Waals surface area contributed by atoms with Crippen LogP contribution in [0.1, 0.15) is 24.2 Å². The number of rotatable bonds is 4. The molecule has 0 bridgehead atoms. The van der Waals surface area contributed by atoms with Gasteiger partial charge in [0, 0.05) is 6.20 Å². The molecule has 1 unspecified atom stereocenters. The molecule has 0 saturated heterocycles. The first-order chi connectivity index (χ1) is 10.3. The SMILES string of the molecule is CCNC(c1ccc2c(c1)OCCO2)c1ncccc1Cl. The Kier molecular flexibility index (Phi) is 4.27. The van der Waals surface area contributed by atoms with Crippen LogP contribution in [-0.4, -0.2) is 24.7 Å². The molecule has 0 amide bonds. The lowest BCUT2D eigenvalue weighted by atomic mass is 10.0. The molecule has 0 radical (unpaired) electrons. The predicted octanol–water partition coefficient (Wildman–Crippen LogP) is 3.21. The molecule has 2 aromatic rings. The molecule has 1 aliphatic heterocycles. The lowest BCUT2D eigenvalue weighted by Crippen LogP contribution is -2.24. The standard InChI is InChI=1S/C16H17ClN2O2/c1-2-18-15(16-12(17)4-3-7-19-16)11-5-6-13-14(10-11)21-9-8-20-13/h3-7,10,15,18H,2,8-9H2,1H3. The summed E-state index contributed by atoms with van der Waals surface area (Å²) in [4.78, 5) is 4.42. The number of benzene rings is 1. The molecule has 1 atom stereocenters. The molecule has 0 saturated carbocycles. The maximum absolute atomic E-state index is 6.29. The normalized spacial score (nSPS) is 14.8. The van der Waals surface area contributed by atoms with Crippen LogP contribution in [0.15, 0.2) is 36.5 Å². The van der Waals surface area contributed by atoms with E-state index in [0.29, 0.717) is 18.2 Å². The molecule has 21 heavy (non-hydrogen) atoms. The predicted molar refractivity (Wildman–Crippen MR) is 82.2 cm³/mol. The molecule has 3 rings (SSSR count). The van der Waals surface area contributed by atoms with E-state index in [4.69, 9.17) is 21.1 Å². The van der Waals surface area contributed by atoms with Gasteiger partial charge in [0.25, 0.3) is 0 Å². The van der Waals surface area contributed by atoms with Crippen molar-refractivity contribution in [1.82, 2.24) is 10.3 Å². The fourth-order valence-electron chi connectivity index (χ4n) is 2.43. The molecule has 0 aliphatic carbocycles. The van der Waals surface area contributed by atoms with Crippen LogP contribution in [0.5, 0.6) is 11.5 Å². The van der Waals surface area contributed by atoms with Crippen molar-refractivity contribution in [3.05, 3.63) is 52.8 Å². The summed E-state index contributed by atoms with van der Waals surface area (Å²) in [7, 11) is 0. The fourth-order valence-corrected chi connectivity index (χ4v) is 2.66. The van der Waals surface area contributed by atoms with Gasteiger partial charge in [-0.2, -0.15) is 0 Å². The maximum Gasteiger partial charge on any atom is 0.161 e. The van der Waals surface area contributed by atoms with Crippen molar-refractivity contribution in [2.24, 2.45) is 0 Å². The number of fused-ring (bicyclic) bond motifs is 1. The van der Waals surface area contributed by atoms with Crippen molar-refractivity contribution >= 4 is 11.6 Å². The molecule has 5 heteroatoms. The topological polar surface area (TPSA) is 43.4 Å². The molecule has 4 nitrogen and oxygen atoms in total. The van der Waals surface area contributed by atoms with Gasteiger partial charge in [0.1, 0.15) is 13.2 Å². The molecule has 0 fully saturated rings. The van der Waals surface area contributed by atoms with Gasteiger partial charge >= 0.3 is 0 Å².